The van der Waals surface area contributed by atoms with Crippen LogP contribution in [0.25, 0.3) is 0 Å². The first-order chi connectivity index (χ1) is 12.2. The van der Waals surface area contributed by atoms with E-state index in [1.54, 1.807) is 0 Å². The molecule has 1 fully saturated rings. The zero-order chi connectivity index (χ0) is 17.9. The molecule has 1 aliphatic carbocycles. The third-order valence-corrected chi connectivity index (χ3v) is 5.42. The van der Waals surface area contributed by atoms with Gasteiger partial charge in [0.1, 0.15) is 11.9 Å². The fraction of sp³-hybridized carbons (Fsp3) is 0.682. The van der Waals surface area contributed by atoms with E-state index in [1.807, 2.05) is 24.3 Å². The molecule has 0 aliphatic heterocycles. The van der Waals surface area contributed by atoms with E-state index in [0.717, 1.165) is 69.3 Å². The van der Waals surface area contributed by atoms with Gasteiger partial charge >= 0.3 is 0 Å². The van der Waals surface area contributed by atoms with E-state index < -0.39 is 6.17 Å². The van der Waals surface area contributed by atoms with Gasteiger partial charge in [-0.1, -0.05) is 38.3 Å². The van der Waals surface area contributed by atoms with Crippen LogP contribution in [0, 0.1) is 23.2 Å². The number of hydrogen-bond acceptors (Lipinski definition) is 2. The van der Waals surface area contributed by atoms with Crippen molar-refractivity contribution in [2.45, 2.75) is 77.3 Å². The zero-order valence-corrected chi connectivity index (χ0v) is 15.6. The van der Waals surface area contributed by atoms with Gasteiger partial charge in [0.2, 0.25) is 0 Å². The second-order valence-electron chi connectivity index (χ2n) is 7.40. The number of alkyl halides is 1. The standard InChI is InChI=1S/C22H32FNO/c1-2-3-16-25-21-13-9-19(10-14-21)17-22(23)20-11-7-18(8-12-20)6-4-5-15-24/h9-10,13-14,18,20,22H,2-8,11-12,16-17H2,1H3/t18-,20-,22?. The van der Waals surface area contributed by atoms with Crippen molar-refractivity contribution in [2.75, 3.05) is 6.61 Å². The summed E-state index contributed by atoms with van der Waals surface area (Å²) in [6.45, 7) is 2.90. The number of halogens is 1. The maximum Gasteiger partial charge on any atom is 0.119 e. The first-order valence-electron chi connectivity index (χ1n) is 9.95. The van der Waals surface area contributed by atoms with Gasteiger partial charge in [0.15, 0.2) is 0 Å². The van der Waals surface area contributed by atoms with Crippen molar-refractivity contribution in [1.82, 2.24) is 0 Å². The van der Waals surface area contributed by atoms with Gasteiger partial charge in [-0.25, -0.2) is 4.39 Å². The molecular weight excluding hydrogens is 313 g/mol. The molecule has 138 valence electrons. The van der Waals surface area contributed by atoms with Gasteiger partial charge in [-0.15, -0.1) is 0 Å². The average molecular weight is 346 g/mol. The van der Waals surface area contributed by atoms with Crippen LogP contribution in [0.4, 0.5) is 4.39 Å². The van der Waals surface area contributed by atoms with E-state index in [-0.39, 0.29) is 5.92 Å². The van der Waals surface area contributed by atoms with Crippen molar-refractivity contribution >= 4 is 0 Å². The highest BCUT2D eigenvalue weighted by Gasteiger charge is 2.27. The van der Waals surface area contributed by atoms with Gasteiger partial charge in [-0.2, -0.15) is 5.26 Å². The summed E-state index contributed by atoms with van der Waals surface area (Å²) < 4.78 is 20.3. The Morgan fingerprint density at radius 3 is 2.52 bits per heavy atom. The molecule has 2 nitrogen and oxygen atoms in total. The van der Waals surface area contributed by atoms with Crippen LogP contribution in [-0.4, -0.2) is 12.8 Å². The third kappa shape index (κ3) is 7.06. The van der Waals surface area contributed by atoms with Crippen molar-refractivity contribution < 1.29 is 9.13 Å². The molecule has 1 aliphatic rings. The molecule has 0 amide bonds. The average Bonchev–Trinajstić information content (AvgIpc) is 2.64. The molecule has 0 radical (unpaired) electrons. The number of nitriles is 1. The molecule has 0 saturated heterocycles. The number of ether oxygens (including phenoxy) is 1. The van der Waals surface area contributed by atoms with E-state index >= 15 is 0 Å². The molecule has 2 rings (SSSR count). The second-order valence-corrected chi connectivity index (χ2v) is 7.40. The van der Waals surface area contributed by atoms with Crippen LogP contribution >= 0.6 is 0 Å². The number of unbranched alkanes of at least 4 members (excludes halogenated alkanes) is 2. The van der Waals surface area contributed by atoms with E-state index in [1.165, 1.54) is 0 Å². The maximum absolute atomic E-state index is 14.7. The van der Waals surface area contributed by atoms with Crippen molar-refractivity contribution in [1.29, 1.82) is 5.26 Å². The highest BCUT2D eigenvalue weighted by atomic mass is 19.1. The summed E-state index contributed by atoms with van der Waals surface area (Å²) >= 11 is 0. The Bertz CT molecular complexity index is 514. The monoisotopic (exact) mass is 345 g/mol. The molecular formula is C22H32FNO. The highest BCUT2D eigenvalue weighted by molar-refractivity contribution is 5.27. The smallest absolute Gasteiger partial charge is 0.119 e. The van der Waals surface area contributed by atoms with Gasteiger partial charge in [0, 0.05) is 12.8 Å². The van der Waals surface area contributed by atoms with Crippen LogP contribution in [0.5, 0.6) is 5.75 Å². The Morgan fingerprint density at radius 1 is 1.16 bits per heavy atom. The molecule has 1 atom stereocenters. The summed E-state index contributed by atoms with van der Waals surface area (Å²) in [7, 11) is 0. The van der Waals surface area contributed by atoms with Crippen molar-refractivity contribution in [2.24, 2.45) is 11.8 Å². The Balaban J connectivity index is 1.71. The Labute approximate surface area is 152 Å². The highest BCUT2D eigenvalue weighted by Crippen LogP contribution is 2.35. The fourth-order valence-corrected chi connectivity index (χ4v) is 3.76. The number of nitrogens with zero attached hydrogens (tertiary/aromatic N) is 1. The van der Waals surface area contributed by atoms with Gasteiger partial charge < -0.3 is 4.74 Å². The summed E-state index contributed by atoms with van der Waals surface area (Å²) in [4.78, 5) is 0. The molecule has 0 heterocycles. The molecule has 0 spiro atoms. The molecule has 0 N–H and O–H groups in total. The summed E-state index contributed by atoms with van der Waals surface area (Å²) in [6, 6.07) is 10.1. The van der Waals surface area contributed by atoms with E-state index in [9.17, 15) is 4.39 Å². The maximum atomic E-state index is 14.7. The summed E-state index contributed by atoms with van der Waals surface area (Å²) in [6.07, 6.45) is 8.99. The first-order valence-corrected chi connectivity index (χ1v) is 9.95. The number of benzene rings is 1. The first kappa shape index (κ1) is 19.8. The van der Waals surface area contributed by atoms with Crippen LogP contribution in [0.15, 0.2) is 24.3 Å². The summed E-state index contributed by atoms with van der Waals surface area (Å²) in [5.41, 5.74) is 1.06. The lowest BCUT2D eigenvalue weighted by Gasteiger charge is -2.30. The molecule has 1 saturated carbocycles. The van der Waals surface area contributed by atoms with Crippen LogP contribution < -0.4 is 4.74 Å². The molecule has 1 aromatic rings. The molecule has 0 bridgehead atoms. The molecule has 25 heavy (non-hydrogen) atoms. The molecule has 3 heteroatoms. The SMILES string of the molecule is CCCCOc1ccc(CC(F)[C@H]2CC[C@H](CCCC#N)CC2)cc1. The van der Waals surface area contributed by atoms with Crippen molar-refractivity contribution in [3.8, 4) is 11.8 Å². The molecule has 0 aromatic heterocycles. The van der Waals surface area contributed by atoms with Gasteiger partial charge in [-0.3, -0.25) is 0 Å². The van der Waals surface area contributed by atoms with Crippen molar-refractivity contribution in [3.05, 3.63) is 29.8 Å². The quantitative estimate of drug-likeness (QED) is 0.470. The second kappa shape index (κ2) is 11.1. The lowest BCUT2D eigenvalue weighted by Crippen LogP contribution is -2.24. The van der Waals surface area contributed by atoms with Crippen LogP contribution in [0.1, 0.15) is 70.3 Å². The lowest BCUT2D eigenvalue weighted by atomic mass is 9.77. The topological polar surface area (TPSA) is 33.0 Å². The summed E-state index contributed by atoms with van der Waals surface area (Å²) in [5.74, 6) is 1.79. The van der Waals surface area contributed by atoms with Gasteiger partial charge in [0.05, 0.1) is 12.7 Å². The minimum absolute atomic E-state index is 0.202. The van der Waals surface area contributed by atoms with Gasteiger partial charge in [-0.05, 0) is 61.6 Å². The van der Waals surface area contributed by atoms with Crippen LogP contribution in [0.2, 0.25) is 0 Å². The largest absolute Gasteiger partial charge is 0.494 e. The predicted molar refractivity (Wildman–Crippen MR) is 100 cm³/mol. The zero-order valence-electron chi connectivity index (χ0n) is 15.6. The predicted octanol–water partition coefficient (Wildman–Crippen LogP) is 6.25. The van der Waals surface area contributed by atoms with E-state index in [0.29, 0.717) is 18.8 Å². The Morgan fingerprint density at radius 2 is 1.88 bits per heavy atom. The van der Waals surface area contributed by atoms with E-state index in [4.69, 9.17) is 10.00 Å². The Kier molecular flexibility index (Phi) is 8.80. The number of rotatable bonds is 10. The minimum atomic E-state index is -0.744. The third-order valence-electron chi connectivity index (χ3n) is 5.42. The van der Waals surface area contributed by atoms with Crippen LogP contribution in [0.3, 0.4) is 0 Å². The summed E-state index contributed by atoms with van der Waals surface area (Å²) in [5, 5.41) is 8.61. The fourth-order valence-electron chi connectivity index (χ4n) is 3.76. The van der Waals surface area contributed by atoms with E-state index in [2.05, 4.69) is 13.0 Å². The molecule has 1 unspecified atom stereocenters. The number of hydrogen-bond donors (Lipinski definition) is 0. The molecule has 1 aromatic carbocycles. The lowest BCUT2D eigenvalue weighted by molar-refractivity contribution is 0.151. The normalized spacial score (nSPS) is 21.5. The van der Waals surface area contributed by atoms with Crippen LogP contribution in [-0.2, 0) is 6.42 Å². The van der Waals surface area contributed by atoms with Crippen molar-refractivity contribution in [3.63, 3.8) is 0 Å². The minimum Gasteiger partial charge on any atom is -0.494 e. The van der Waals surface area contributed by atoms with Gasteiger partial charge in [0.25, 0.3) is 0 Å². The Hall–Kier alpha value is -1.56.